The summed E-state index contributed by atoms with van der Waals surface area (Å²) in [6.07, 6.45) is 0. The Bertz CT molecular complexity index is 495. The molecule has 2 atom stereocenters. The Kier molecular flexibility index (Phi) is 3.16. The molecule has 2 unspecified atom stereocenters. The predicted molar refractivity (Wildman–Crippen MR) is 64.1 cm³/mol. The van der Waals surface area contributed by atoms with Crippen LogP contribution in [-0.4, -0.2) is 8.76 Å². The topological polar surface area (TPSA) is 49.3 Å². The number of benzene rings is 1. The molecule has 2 N–H and O–H groups in total. The monoisotopic (exact) mass is 241 g/mol. The average molecular weight is 241 g/mol. The van der Waals surface area contributed by atoms with Crippen LogP contribution in [0.2, 0.25) is 0 Å². The summed E-state index contributed by atoms with van der Waals surface area (Å²) in [5, 5.41) is 3.17. The van der Waals surface area contributed by atoms with Gasteiger partial charge in [-0.15, -0.1) is 11.3 Å². The van der Waals surface area contributed by atoms with Gasteiger partial charge in [-0.1, -0.05) is 18.2 Å². The molecule has 1 heterocycles. The van der Waals surface area contributed by atoms with E-state index in [1.54, 1.807) is 11.3 Å². The van der Waals surface area contributed by atoms with Gasteiger partial charge in [-0.3, -0.25) is 4.55 Å². The zero-order valence-electron chi connectivity index (χ0n) is 8.14. The summed E-state index contributed by atoms with van der Waals surface area (Å²) in [6.45, 7) is 1.88. The van der Waals surface area contributed by atoms with Crippen molar-refractivity contribution in [2.45, 2.75) is 13.0 Å². The van der Waals surface area contributed by atoms with Crippen molar-refractivity contribution in [1.82, 2.24) is 4.72 Å². The third kappa shape index (κ3) is 2.26. The quantitative estimate of drug-likeness (QED) is 0.812. The molecule has 0 aliphatic carbocycles. The lowest BCUT2D eigenvalue weighted by Crippen LogP contribution is -2.20. The lowest BCUT2D eigenvalue weighted by molar-refractivity contribution is 0.536. The minimum atomic E-state index is -1.97. The van der Waals surface area contributed by atoms with Crippen molar-refractivity contribution in [2.24, 2.45) is 0 Å². The maximum atomic E-state index is 10.6. The van der Waals surface area contributed by atoms with E-state index in [9.17, 15) is 4.21 Å². The van der Waals surface area contributed by atoms with Gasteiger partial charge >= 0.3 is 0 Å². The fourth-order valence-corrected chi connectivity index (χ4v) is 3.03. The van der Waals surface area contributed by atoms with E-state index in [1.165, 1.54) is 4.70 Å². The Morgan fingerprint density at radius 2 is 2.20 bits per heavy atom. The summed E-state index contributed by atoms with van der Waals surface area (Å²) in [5.41, 5.74) is 1.07. The van der Waals surface area contributed by atoms with Crippen molar-refractivity contribution in [2.75, 3.05) is 0 Å². The average Bonchev–Trinajstić information content (AvgIpc) is 2.59. The Morgan fingerprint density at radius 3 is 2.93 bits per heavy atom. The molecule has 0 radical (unpaired) electrons. The zero-order valence-corrected chi connectivity index (χ0v) is 9.77. The van der Waals surface area contributed by atoms with E-state index in [4.69, 9.17) is 4.55 Å². The molecule has 0 saturated carbocycles. The summed E-state index contributed by atoms with van der Waals surface area (Å²) in [7, 11) is 0. The third-order valence-electron chi connectivity index (χ3n) is 2.26. The van der Waals surface area contributed by atoms with E-state index in [-0.39, 0.29) is 6.04 Å². The number of hydrogen-bond acceptors (Lipinski definition) is 2. The van der Waals surface area contributed by atoms with Crippen LogP contribution < -0.4 is 4.72 Å². The van der Waals surface area contributed by atoms with Gasteiger partial charge in [0.2, 0.25) is 11.3 Å². The first kappa shape index (κ1) is 10.8. The third-order valence-corrected chi connectivity index (χ3v) is 3.79. The highest BCUT2D eigenvalue weighted by atomic mass is 32.2. The normalized spacial score (nSPS) is 15.3. The van der Waals surface area contributed by atoms with E-state index in [2.05, 4.69) is 4.72 Å². The Balaban J connectivity index is 2.39. The van der Waals surface area contributed by atoms with Gasteiger partial charge in [-0.25, -0.2) is 8.93 Å². The lowest BCUT2D eigenvalue weighted by Gasteiger charge is -2.09. The Hall–Kier alpha value is -0.750. The second-order valence-electron chi connectivity index (χ2n) is 3.28. The molecule has 1 aromatic carbocycles. The van der Waals surface area contributed by atoms with E-state index in [0.717, 1.165) is 10.9 Å². The largest absolute Gasteiger partial charge is 0.294 e. The first-order chi connectivity index (χ1) is 7.18. The van der Waals surface area contributed by atoms with Crippen LogP contribution in [0.25, 0.3) is 10.1 Å². The number of rotatable bonds is 3. The first-order valence-electron chi connectivity index (χ1n) is 4.51. The number of thiophene rings is 1. The summed E-state index contributed by atoms with van der Waals surface area (Å²) < 4.78 is 23.2. The van der Waals surface area contributed by atoms with Gasteiger partial charge in [0.15, 0.2) is 0 Å². The minimum Gasteiger partial charge on any atom is -0.294 e. The van der Waals surface area contributed by atoms with Crippen molar-refractivity contribution in [1.29, 1.82) is 0 Å². The maximum absolute atomic E-state index is 10.6. The molecule has 0 spiro atoms. The van der Waals surface area contributed by atoms with Gasteiger partial charge < -0.3 is 0 Å². The van der Waals surface area contributed by atoms with Crippen LogP contribution in [0, 0.1) is 0 Å². The van der Waals surface area contributed by atoms with Gasteiger partial charge in [0.1, 0.15) is 0 Å². The van der Waals surface area contributed by atoms with E-state index < -0.39 is 11.3 Å². The highest BCUT2D eigenvalue weighted by Gasteiger charge is 2.12. The van der Waals surface area contributed by atoms with Crippen molar-refractivity contribution in [3.05, 3.63) is 35.2 Å². The molecule has 0 amide bonds. The van der Waals surface area contributed by atoms with Crippen LogP contribution in [-0.2, 0) is 11.3 Å². The maximum Gasteiger partial charge on any atom is 0.232 e. The van der Waals surface area contributed by atoms with Crippen molar-refractivity contribution in [3.63, 3.8) is 0 Å². The summed E-state index contributed by atoms with van der Waals surface area (Å²) in [6, 6.07) is 7.92. The van der Waals surface area contributed by atoms with Gasteiger partial charge in [0.25, 0.3) is 0 Å². The number of nitrogens with one attached hydrogen (secondary N) is 1. The molecule has 15 heavy (non-hydrogen) atoms. The highest BCUT2D eigenvalue weighted by molar-refractivity contribution is 7.77. The lowest BCUT2D eigenvalue weighted by atomic mass is 10.1. The molecule has 3 nitrogen and oxygen atoms in total. The van der Waals surface area contributed by atoms with E-state index in [0.29, 0.717) is 0 Å². The van der Waals surface area contributed by atoms with Crippen molar-refractivity contribution in [3.8, 4) is 0 Å². The Labute approximate surface area is 94.5 Å². The molecule has 0 fully saturated rings. The molecule has 0 saturated heterocycles. The second-order valence-corrected chi connectivity index (χ2v) is 4.92. The van der Waals surface area contributed by atoms with Crippen LogP contribution in [0.4, 0.5) is 0 Å². The molecule has 80 valence electrons. The fourth-order valence-electron chi connectivity index (χ4n) is 1.55. The highest BCUT2D eigenvalue weighted by Crippen LogP contribution is 2.29. The Morgan fingerprint density at radius 1 is 1.47 bits per heavy atom. The van der Waals surface area contributed by atoms with Gasteiger partial charge in [-0.2, -0.15) is 0 Å². The molecular weight excluding hydrogens is 230 g/mol. The number of fused-ring (bicyclic) bond motifs is 1. The van der Waals surface area contributed by atoms with Crippen LogP contribution in [0.5, 0.6) is 0 Å². The van der Waals surface area contributed by atoms with Crippen LogP contribution in [0.1, 0.15) is 18.5 Å². The smallest absolute Gasteiger partial charge is 0.232 e. The SMILES string of the molecule is CC(NS(=O)O)c1csc2ccccc12. The predicted octanol–water partition coefficient (Wildman–Crippen LogP) is 2.69. The summed E-state index contributed by atoms with van der Waals surface area (Å²) >= 11 is -0.320. The summed E-state index contributed by atoms with van der Waals surface area (Å²) in [5.74, 6) is 0. The molecular formula is C10H11NO2S2. The van der Waals surface area contributed by atoms with Gasteiger partial charge in [0.05, 0.1) is 0 Å². The van der Waals surface area contributed by atoms with Crippen LogP contribution >= 0.6 is 11.3 Å². The van der Waals surface area contributed by atoms with Gasteiger partial charge in [0, 0.05) is 10.7 Å². The molecule has 1 aromatic heterocycles. The van der Waals surface area contributed by atoms with Crippen LogP contribution in [0.3, 0.4) is 0 Å². The molecule has 0 aliphatic rings. The fraction of sp³-hybridized carbons (Fsp3) is 0.200. The first-order valence-corrected chi connectivity index (χ1v) is 6.50. The zero-order chi connectivity index (χ0) is 10.8. The molecule has 2 rings (SSSR count). The summed E-state index contributed by atoms with van der Waals surface area (Å²) in [4.78, 5) is 0. The molecule has 2 aromatic rings. The minimum absolute atomic E-state index is 0.119. The van der Waals surface area contributed by atoms with Crippen molar-refractivity contribution >= 4 is 32.7 Å². The second kappa shape index (κ2) is 4.40. The molecule has 0 bridgehead atoms. The molecule has 0 aliphatic heterocycles. The van der Waals surface area contributed by atoms with Crippen LogP contribution in [0.15, 0.2) is 29.6 Å². The van der Waals surface area contributed by atoms with Gasteiger partial charge in [-0.05, 0) is 29.3 Å². The number of hydrogen-bond donors (Lipinski definition) is 2. The van der Waals surface area contributed by atoms with Crippen molar-refractivity contribution < 1.29 is 8.76 Å². The van der Waals surface area contributed by atoms with E-state index in [1.807, 2.05) is 36.6 Å². The standard InChI is InChI=1S/C10H11NO2S2/c1-7(11-15(12)13)9-6-14-10-5-3-2-4-8(9)10/h2-7,11H,1H3,(H,12,13). The molecule has 5 heteroatoms. The van der Waals surface area contributed by atoms with E-state index >= 15 is 0 Å².